The van der Waals surface area contributed by atoms with Gasteiger partial charge in [0.25, 0.3) is 0 Å². The Hall–Kier alpha value is -4.22. The van der Waals surface area contributed by atoms with E-state index in [2.05, 4.69) is 27.2 Å². The minimum absolute atomic E-state index is 0.130. The molecule has 4 aromatic rings. The van der Waals surface area contributed by atoms with Crippen LogP contribution in [0.25, 0.3) is 33.6 Å². The summed E-state index contributed by atoms with van der Waals surface area (Å²) >= 11 is 14.6. The fraction of sp³-hybridized carbons (Fsp3) is 0.442. The van der Waals surface area contributed by atoms with Crippen LogP contribution < -0.4 is 14.8 Å². The highest BCUT2D eigenvalue weighted by Gasteiger charge is 2.43. The highest BCUT2D eigenvalue weighted by molar-refractivity contribution is 6.39. The van der Waals surface area contributed by atoms with Gasteiger partial charge in [0.1, 0.15) is 0 Å². The van der Waals surface area contributed by atoms with Gasteiger partial charge >= 0.3 is 0 Å². The molecule has 3 saturated heterocycles. The number of amides is 2. The zero-order valence-corrected chi connectivity index (χ0v) is 33.1. The molecule has 0 spiro atoms. The summed E-state index contributed by atoms with van der Waals surface area (Å²) in [6.45, 7) is 7.34. The number of nitrogens with one attached hydrogen (secondary N) is 1. The van der Waals surface area contributed by atoms with E-state index in [1.165, 1.54) is 11.1 Å². The monoisotopic (exact) mass is 780 g/mol. The minimum Gasteiger partial charge on any atom is -0.481 e. The SMILES string of the molecule is COc1nc(-c2cccc(-c3cccc(-c4cc5c(c(OC)n4)[C@@H](N4CCC6C(=O)NCC6C4)CC5)c3Cl)c2Cl)cc2c1[C@@H](N1CCN(C(C)=O)CC1)CC2. The first-order valence-electron chi connectivity index (χ1n) is 19.5. The number of rotatable bonds is 7. The second kappa shape index (κ2) is 14.7. The number of pyridine rings is 2. The molecule has 2 aromatic carbocycles. The molecule has 5 aliphatic rings. The number of carbonyl (C=O) groups excluding carboxylic acids is 2. The van der Waals surface area contributed by atoms with Crippen LogP contribution in [0.15, 0.2) is 48.5 Å². The van der Waals surface area contributed by atoms with Gasteiger partial charge in [0.05, 0.1) is 35.7 Å². The zero-order valence-electron chi connectivity index (χ0n) is 31.5. The second-order valence-corrected chi connectivity index (χ2v) is 16.3. The molecule has 3 fully saturated rings. The van der Waals surface area contributed by atoms with Crippen LogP contribution in [0.5, 0.6) is 11.8 Å². The van der Waals surface area contributed by atoms with E-state index in [4.69, 9.17) is 42.6 Å². The maximum Gasteiger partial charge on any atom is 0.223 e. The quantitative estimate of drug-likeness (QED) is 0.214. The van der Waals surface area contributed by atoms with E-state index in [9.17, 15) is 9.59 Å². The number of carbonyl (C=O) groups is 2. The summed E-state index contributed by atoms with van der Waals surface area (Å²) in [5.41, 5.74) is 9.52. The molecular formula is C43H46Cl2N6O4. The van der Waals surface area contributed by atoms with Crippen molar-refractivity contribution in [3.05, 3.63) is 80.8 Å². The number of piperazine rings is 1. The van der Waals surface area contributed by atoms with E-state index in [1.807, 2.05) is 41.3 Å². The largest absolute Gasteiger partial charge is 0.481 e. The maximum absolute atomic E-state index is 12.3. The Balaban J connectivity index is 1.01. The van der Waals surface area contributed by atoms with Gasteiger partial charge in [0, 0.05) is 103 Å². The predicted octanol–water partition coefficient (Wildman–Crippen LogP) is 7.01. The number of benzene rings is 2. The first-order chi connectivity index (χ1) is 26.7. The molecule has 2 aliphatic carbocycles. The van der Waals surface area contributed by atoms with Crippen molar-refractivity contribution < 1.29 is 19.1 Å². The van der Waals surface area contributed by atoms with E-state index in [-0.39, 0.29) is 29.8 Å². The molecule has 3 aliphatic heterocycles. The molecule has 9 rings (SSSR count). The van der Waals surface area contributed by atoms with Gasteiger partial charge < -0.3 is 19.7 Å². The molecule has 2 aromatic heterocycles. The average molecular weight is 782 g/mol. The van der Waals surface area contributed by atoms with Gasteiger partial charge in [-0.1, -0.05) is 59.6 Å². The summed E-state index contributed by atoms with van der Waals surface area (Å²) in [6.07, 6.45) is 4.70. The number of hydrogen-bond donors (Lipinski definition) is 1. The Morgan fingerprint density at radius 2 is 1.27 bits per heavy atom. The number of hydrogen-bond acceptors (Lipinski definition) is 8. The second-order valence-electron chi connectivity index (χ2n) is 15.6. The normalized spacial score (nSPS) is 23.7. The Labute approximate surface area is 332 Å². The van der Waals surface area contributed by atoms with Crippen LogP contribution in [0, 0.1) is 11.8 Å². The molecule has 0 radical (unpaired) electrons. The molecule has 2 unspecified atom stereocenters. The number of halogens is 2. The van der Waals surface area contributed by atoms with Crippen molar-refractivity contribution in [1.29, 1.82) is 0 Å². The van der Waals surface area contributed by atoms with Crippen molar-refractivity contribution in [1.82, 2.24) is 30.0 Å². The zero-order chi connectivity index (χ0) is 38.0. The first-order valence-corrected chi connectivity index (χ1v) is 20.2. The summed E-state index contributed by atoms with van der Waals surface area (Å²) in [5.74, 6) is 2.09. The van der Waals surface area contributed by atoms with Gasteiger partial charge in [-0.3, -0.25) is 19.4 Å². The van der Waals surface area contributed by atoms with Gasteiger partial charge in [-0.2, -0.15) is 0 Å². The van der Waals surface area contributed by atoms with Crippen molar-refractivity contribution in [3.8, 4) is 45.4 Å². The van der Waals surface area contributed by atoms with Crippen LogP contribution >= 0.6 is 23.2 Å². The van der Waals surface area contributed by atoms with E-state index in [1.54, 1.807) is 21.1 Å². The lowest BCUT2D eigenvalue weighted by Gasteiger charge is -2.38. The van der Waals surface area contributed by atoms with Crippen molar-refractivity contribution in [2.45, 2.75) is 51.1 Å². The Morgan fingerprint density at radius 3 is 1.80 bits per heavy atom. The molecule has 12 heteroatoms. The molecule has 4 atom stereocenters. The van der Waals surface area contributed by atoms with Crippen molar-refractivity contribution >= 4 is 35.0 Å². The number of fused-ring (bicyclic) bond motifs is 3. The van der Waals surface area contributed by atoms with Gasteiger partial charge in [0.2, 0.25) is 23.6 Å². The number of piperidine rings is 1. The van der Waals surface area contributed by atoms with Gasteiger partial charge in [0.15, 0.2) is 0 Å². The van der Waals surface area contributed by atoms with Crippen LogP contribution in [0.2, 0.25) is 10.0 Å². The minimum atomic E-state index is 0.130. The molecule has 0 bridgehead atoms. The third-order valence-electron chi connectivity index (χ3n) is 12.8. The molecular weight excluding hydrogens is 735 g/mol. The van der Waals surface area contributed by atoms with Gasteiger partial charge in [-0.15, -0.1) is 0 Å². The first kappa shape index (κ1) is 36.4. The third-order valence-corrected chi connectivity index (χ3v) is 13.6. The van der Waals surface area contributed by atoms with E-state index in [0.717, 1.165) is 123 Å². The van der Waals surface area contributed by atoms with Crippen molar-refractivity contribution in [2.75, 3.05) is 60.0 Å². The fourth-order valence-corrected chi connectivity index (χ4v) is 10.6. The number of ether oxygens (including phenoxy) is 2. The summed E-state index contributed by atoms with van der Waals surface area (Å²) < 4.78 is 11.9. The topological polar surface area (TPSA) is 100 Å². The van der Waals surface area contributed by atoms with Gasteiger partial charge in [-0.05, 0) is 61.9 Å². The van der Waals surface area contributed by atoms with Crippen LogP contribution in [0.4, 0.5) is 0 Å². The Kier molecular flexibility index (Phi) is 9.73. The third kappa shape index (κ3) is 6.35. The van der Waals surface area contributed by atoms with Crippen LogP contribution in [-0.4, -0.2) is 96.5 Å². The van der Waals surface area contributed by atoms with Crippen molar-refractivity contribution in [3.63, 3.8) is 0 Å². The summed E-state index contributed by atoms with van der Waals surface area (Å²) in [6, 6.07) is 16.7. The Bertz CT molecular complexity index is 2190. The summed E-state index contributed by atoms with van der Waals surface area (Å²) in [7, 11) is 3.37. The lowest BCUT2D eigenvalue weighted by atomic mass is 9.87. The molecule has 5 heterocycles. The lowest BCUT2D eigenvalue weighted by Crippen LogP contribution is -2.48. The fourth-order valence-electron chi connectivity index (χ4n) is 9.96. The van der Waals surface area contributed by atoms with Crippen LogP contribution in [0.3, 0.4) is 0 Å². The molecule has 2 amide bonds. The standard InChI is InChI=1S/C43H46Cl2N6O4/c1-24(52)49-16-18-50(19-17-49)35-12-10-25-20-33(47-42(54-2)37(25)35)31-8-4-6-29(39(31)44)30-7-5-9-32(40(30)45)34-21-26-11-13-36(38(26)43(48-34)55-3)51-15-14-28-27(23-51)22-46-41(28)53/h4-9,20-21,27-28,35-36H,10-19,22-23H2,1-3H3,(H,46,53)/t27?,28?,35-,36-/m0/s1. The average Bonchev–Trinajstić information content (AvgIpc) is 3.94. The highest BCUT2D eigenvalue weighted by atomic mass is 35.5. The molecule has 1 N–H and O–H groups in total. The predicted molar refractivity (Wildman–Crippen MR) is 214 cm³/mol. The molecule has 10 nitrogen and oxygen atoms in total. The smallest absolute Gasteiger partial charge is 0.223 e. The highest BCUT2D eigenvalue weighted by Crippen LogP contribution is 2.48. The maximum atomic E-state index is 12.3. The Morgan fingerprint density at radius 1 is 0.745 bits per heavy atom. The molecule has 286 valence electrons. The van der Waals surface area contributed by atoms with Crippen LogP contribution in [-0.2, 0) is 22.4 Å². The van der Waals surface area contributed by atoms with Crippen molar-refractivity contribution in [2.24, 2.45) is 11.8 Å². The van der Waals surface area contributed by atoms with E-state index < -0.39 is 0 Å². The van der Waals surface area contributed by atoms with E-state index >= 15 is 0 Å². The van der Waals surface area contributed by atoms with Crippen LogP contribution in [0.1, 0.15) is 60.5 Å². The lowest BCUT2D eigenvalue weighted by molar-refractivity contribution is -0.131. The summed E-state index contributed by atoms with van der Waals surface area (Å²) in [5, 5.41) is 4.20. The number of likely N-dealkylation sites (tertiary alicyclic amines) is 1. The van der Waals surface area contributed by atoms with E-state index in [0.29, 0.717) is 27.7 Å². The van der Waals surface area contributed by atoms with Gasteiger partial charge in [-0.25, -0.2) is 9.97 Å². The molecule has 0 saturated carbocycles. The number of aromatic nitrogens is 2. The molecule has 55 heavy (non-hydrogen) atoms. The number of aryl methyl sites for hydroxylation is 2. The number of methoxy groups -OCH3 is 2. The number of nitrogens with zero attached hydrogens (tertiary/aromatic N) is 5. The summed E-state index contributed by atoms with van der Waals surface area (Å²) in [4.78, 5) is 41.2.